The van der Waals surface area contributed by atoms with E-state index in [0.717, 1.165) is 5.56 Å². The largest absolute Gasteiger partial charge is 0.444 e. The fraction of sp³-hybridized carbons (Fsp3) is 0.632. The van der Waals surface area contributed by atoms with E-state index in [9.17, 15) is 4.79 Å². The maximum absolute atomic E-state index is 12.9. The van der Waals surface area contributed by atoms with Gasteiger partial charge in [0.25, 0.3) is 0 Å². The first-order chi connectivity index (χ1) is 11.0. The van der Waals surface area contributed by atoms with E-state index >= 15 is 0 Å². The minimum atomic E-state index is -0.733. The molecule has 1 aromatic rings. The fourth-order valence-corrected chi connectivity index (χ4v) is 3.13. The highest BCUT2D eigenvalue weighted by Gasteiger charge is 2.51. The summed E-state index contributed by atoms with van der Waals surface area (Å²) >= 11 is 0. The zero-order chi connectivity index (χ0) is 18.1. The van der Waals surface area contributed by atoms with Gasteiger partial charge in [-0.1, -0.05) is 30.3 Å². The van der Waals surface area contributed by atoms with Gasteiger partial charge in [-0.05, 0) is 54.3 Å². The van der Waals surface area contributed by atoms with Crippen molar-refractivity contribution in [2.45, 2.75) is 58.1 Å². The smallest absolute Gasteiger partial charge is 0.412 e. The highest BCUT2D eigenvalue weighted by atomic mass is 16.6. The van der Waals surface area contributed by atoms with Crippen LogP contribution in [-0.4, -0.2) is 53.9 Å². The number of rotatable bonds is 3. The Balaban J connectivity index is 2.37. The van der Waals surface area contributed by atoms with E-state index in [-0.39, 0.29) is 18.2 Å². The molecule has 0 N–H and O–H groups in total. The van der Waals surface area contributed by atoms with Crippen molar-refractivity contribution in [3.8, 4) is 0 Å². The lowest BCUT2D eigenvalue weighted by atomic mass is 10.0. The first-order valence-electron chi connectivity index (χ1n) is 8.41. The highest BCUT2D eigenvalue weighted by Crippen LogP contribution is 2.41. The second kappa shape index (κ2) is 6.73. The SMILES string of the molecule is CN(C)C[C@@H]1[C@@H](c2ccccc2)OC(C)(C)N1C(=O)OC(C)(C)C. The van der Waals surface area contributed by atoms with Crippen molar-refractivity contribution < 1.29 is 14.3 Å². The van der Waals surface area contributed by atoms with Crippen molar-refractivity contribution in [2.24, 2.45) is 0 Å². The quantitative estimate of drug-likeness (QED) is 0.846. The third kappa shape index (κ3) is 4.28. The lowest BCUT2D eigenvalue weighted by molar-refractivity contribution is -0.0797. The Morgan fingerprint density at radius 2 is 1.83 bits per heavy atom. The normalized spacial score (nSPS) is 23.6. The molecular weight excluding hydrogens is 304 g/mol. The first-order valence-corrected chi connectivity index (χ1v) is 8.41. The Morgan fingerprint density at radius 1 is 1.25 bits per heavy atom. The predicted octanol–water partition coefficient (Wildman–Crippen LogP) is 3.66. The summed E-state index contributed by atoms with van der Waals surface area (Å²) in [7, 11) is 4.00. The number of hydrogen-bond acceptors (Lipinski definition) is 4. The third-order valence-electron chi connectivity index (χ3n) is 3.95. The molecule has 0 spiro atoms. The summed E-state index contributed by atoms with van der Waals surface area (Å²) in [6.45, 7) is 10.2. The van der Waals surface area contributed by atoms with Gasteiger partial charge >= 0.3 is 6.09 Å². The lowest BCUT2D eigenvalue weighted by Gasteiger charge is -2.36. The van der Waals surface area contributed by atoms with Crippen LogP contribution in [-0.2, 0) is 9.47 Å². The second-order valence-electron chi connectivity index (χ2n) is 8.08. The lowest BCUT2D eigenvalue weighted by Crippen LogP contribution is -2.52. The van der Waals surface area contributed by atoms with Crippen LogP contribution in [0.15, 0.2) is 30.3 Å². The maximum atomic E-state index is 12.9. The minimum absolute atomic E-state index is 0.118. The molecule has 134 valence electrons. The van der Waals surface area contributed by atoms with Crippen LogP contribution in [0.3, 0.4) is 0 Å². The number of carbonyl (C=O) groups is 1. The van der Waals surface area contributed by atoms with Crippen LogP contribution in [0.2, 0.25) is 0 Å². The average Bonchev–Trinajstić information content (AvgIpc) is 2.68. The summed E-state index contributed by atoms with van der Waals surface area (Å²) < 4.78 is 11.9. The number of ether oxygens (including phenoxy) is 2. The Morgan fingerprint density at radius 3 is 2.33 bits per heavy atom. The maximum Gasteiger partial charge on any atom is 0.412 e. The molecule has 1 aliphatic rings. The monoisotopic (exact) mass is 334 g/mol. The number of benzene rings is 1. The van der Waals surface area contributed by atoms with Gasteiger partial charge in [0.1, 0.15) is 17.4 Å². The van der Waals surface area contributed by atoms with Crippen molar-refractivity contribution in [2.75, 3.05) is 20.6 Å². The van der Waals surface area contributed by atoms with Crippen LogP contribution in [0.25, 0.3) is 0 Å². The third-order valence-corrected chi connectivity index (χ3v) is 3.95. The Hall–Kier alpha value is -1.59. The molecule has 24 heavy (non-hydrogen) atoms. The number of likely N-dealkylation sites (N-methyl/N-ethyl adjacent to an activating group) is 1. The number of amides is 1. The molecule has 1 aliphatic heterocycles. The second-order valence-corrected chi connectivity index (χ2v) is 8.08. The molecule has 0 unspecified atom stereocenters. The van der Waals surface area contributed by atoms with Gasteiger partial charge in [0.15, 0.2) is 0 Å². The van der Waals surface area contributed by atoms with Crippen LogP contribution in [0.5, 0.6) is 0 Å². The van der Waals surface area contributed by atoms with Gasteiger partial charge in [0, 0.05) is 6.54 Å². The molecule has 2 atom stereocenters. The minimum Gasteiger partial charge on any atom is -0.444 e. The average molecular weight is 334 g/mol. The molecule has 1 heterocycles. The first kappa shape index (κ1) is 18.7. The van der Waals surface area contributed by atoms with Gasteiger partial charge in [0.05, 0.1) is 6.04 Å². The summed E-state index contributed by atoms with van der Waals surface area (Å²) in [5, 5.41) is 0. The molecule has 1 aromatic carbocycles. The molecule has 0 bridgehead atoms. The molecule has 1 saturated heterocycles. The van der Waals surface area contributed by atoms with Crippen LogP contribution in [0, 0.1) is 0 Å². The summed E-state index contributed by atoms with van der Waals surface area (Å²) in [4.78, 5) is 16.7. The van der Waals surface area contributed by atoms with Crippen molar-refractivity contribution in [1.82, 2.24) is 9.80 Å². The molecule has 0 aliphatic carbocycles. The summed E-state index contributed by atoms with van der Waals surface area (Å²) in [5.41, 5.74) is -0.201. The molecule has 0 radical (unpaired) electrons. The van der Waals surface area contributed by atoms with Crippen LogP contribution in [0.4, 0.5) is 4.79 Å². The Kier molecular flexibility index (Phi) is 5.25. The van der Waals surface area contributed by atoms with E-state index < -0.39 is 11.3 Å². The standard InChI is InChI=1S/C19H30N2O3/c1-18(2,3)24-17(22)21-15(13-20(6)7)16(23-19(21,4)5)14-11-9-8-10-12-14/h8-12,15-16H,13H2,1-7H3/t15-,16-/m1/s1. The molecule has 0 saturated carbocycles. The van der Waals surface area contributed by atoms with E-state index in [2.05, 4.69) is 4.90 Å². The molecule has 1 amide bonds. The Bertz CT molecular complexity index is 564. The zero-order valence-electron chi connectivity index (χ0n) is 15.9. The summed E-state index contributed by atoms with van der Waals surface area (Å²) in [6, 6.07) is 9.94. The van der Waals surface area contributed by atoms with Gasteiger partial charge in [-0.15, -0.1) is 0 Å². The molecule has 1 fully saturated rings. The van der Waals surface area contributed by atoms with Crippen LogP contribution >= 0.6 is 0 Å². The van der Waals surface area contributed by atoms with Crippen LogP contribution < -0.4 is 0 Å². The zero-order valence-corrected chi connectivity index (χ0v) is 15.9. The topological polar surface area (TPSA) is 42.0 Å². The van der Waals surface area contributed by atoms with Gasteiger partial charge < -0.3 is 14.4 Å². The van der Waals surface area contributed by atoms with Gasteiger partial charge in [-0.25, -0.2) is 4.79 Å². The summed E-state index contributed by atoms with van der Waals surface area (Å²) in [5.74, 6) is 0. The van der Waals surface area contributed by atoms with E-state index in [1.807, 2.05) is 79.0 Å². The summed E-state index contributed by atoms with van der Waals surface area (Å²) in [6.07, 6.45) is -0.520. The van der Waals surface area contributed by atoms with Gasteiger partial charge in [-0.2, -0.15) is 0 Å². The van der Waals surface area contributed by atoms with Gasteiger partial charge in [0.2, 0.25) is 0 Å². The Labute approximate surface area is 145 Å². The molecule has 2 rings (SSSR count). The number of hydrogen-bond donors (Lipinski definition) is 0. The van der Waals surface area contributed by atoms with Crippen LogP contribution in [0.1, 0.15) is 46.3 Å². The molecule has 5 heteroatoms. The van der Waals surface area contributed by atoms with Crippen molar-refractivity contribution in [1.29, 1.82) is 0 Å². The van der Waals surface area contributed by atoms with Crippen molar-refractivity contribution in [3.63, 3.8) is 0 Å². The van der Waals surface area contributed by atoms with Crippen molar-refractivity contribution >= 4 is 6.09 Å². The van der Waals surface area contributed by atoms with E-state index in [1.165, 1.54) is 0 Å². The highest BCUT2D eigenvalue weighted by molar-refractivity contribution is 5.70. The van der Waals surface area contributed by atoms with E-state index in [4.69, 9.17) is 9.47 Å². The molecule has 0 aromatic heterocycles. The van der Waals surface area contributed by atoms with E-state index in [0.29, 0.717) is 6.54 Å². The molecule has 5 nitrogen and oxygen atoms in total. The van der Waals surface area contributed by atoms with Gasteiger partial charge in [-0.3, -0.25) is 4.90 Å². The fourth-order valence-electron chi connectivity index (χ4n) is 3.13. The predicted molar refractivity (Wildman–Crippen MR) is 94.8 cm³/mol. The number of nitrogens with zero attached hydrogens (tertiary/aromatic N) is 2. The molecular formula is C19H30N2O3. The number of carbonyl (C=O) groups excluding carboxylic acids is 1. The van der Waals surface area contributed by atoms with Crippen molar-refractivity contribution in [3.05, 3.63) is 35.9 Å². The van der Waals surface area contributed by atoms with E-state index in [1.54, 1.807) is 4.90 Å².